The van der Waals surface area contributed by atoms with Crippen LogP contribution >= 0.6 is 0 Å². The van der Waals surface area contributed by atoms with E-state index in [1.165, 1.54) is 7.11 Å². The Labute approximate surface area is 140 Å². The van der Waals surface area contributed by atoms with Crippen LogP contribution in [0.5, 0.6) is 0 Å². The Hall–Kier alpha value is -2.67. The molecule has 7 nitrogen and oxygen atoms in total. The van der Waals surface area contributed by atoms with Crippen LogP contribution in [0.2, 0.25) is 0 Å². The lowest BCUT2D eigenvalue weighted by Crippen LogP contribution is -2.31. The molecule has 0 bridgehead atoms. The number of rotatable bonds is 4. The van der Waals surface area contributed by atoms with E-state index in [-0.39, 0.29) is 18.4 Å². The number of methoxy groups -OCH3 is 1. The molecule has 126 valence electrons. The summed E-state index contributed by atoms with van der Waals surface area (Å²) in [4.78, 5) is 26.1. The van der Waals surface area contributed by atoms with Gasteiger partial charge in [0.1, 0.15) is 6.61 Å². The fraction of sp³-hybridized carbons (Fsp3) is 0.353. The van der Waals surface area contributed by atoms with Gasteiger partial charge in [0.2, 0.25) is 0 Å². The summed E-state index contributed by atoms with van der Waals surface area (Å²) in [5.74, 6) is -0.245. The average molecular weight is 328 g/mol. The summed E-state index contributed by atoms with van der Waals surface area (Å²) in [6.07, 6.45) is 2.32. The van der Waals surface area contributed by atoms with Gasteiger partial charge < -0.3 is 15.0 Å². The highest BCUT2D eigenvalue weighted by Crippen LogP contribution is 2.30. The van der Waals surface area contributed by atoms with Gasteiger partial charge in [-0.05, 0) is 37.1 Å². The van der Waals surface area contributed by atoms with Crippen molar-refractivity contribution < 1.29 is 14.3 Å². The standard InChI is InChI=1S/C17H20N4O3/c1-11-14(9-18-20(11)2)17(23)19-13-4-5-15-12(8-13)6-7-21(15)16(22)10-24-3/h4-5,8-9H,6-7,10H2,1-3H3,(H,19,23). The SMILES string of the molecule is COCC(=O)N1CCc2cc(NC(=O)c3cnn(C)c3C)ccc21. The van der Waals surface area contributed by atoms with Crippen molar-refractivity contribution in [1.29, 1.82) is 0 Å². The van der Waals surface area contributed by atoms with Gasteiger partial charge in [0, 0.05) is 37.8 Å². The zero-order valence-corrected chi connectivity index (χ0v) is 14.0. The van der Waals surface area contributed by atoms with E-state index >= 15 is 0 Å². The van der Waals surface area contributed by atoms with Crippen molar-refractivity contribution in [1.82, 2.24) is 9.78 Å². The molecule has 0 saturated heterocycles. The fourth-order valence-corrected chi connectivity index (χ4v) is 2.86. The molecule has 0 radical (unpaired) electrons. The summed E-state index contributed by atoms with van der Waals surface area (Å²) in [5.41, 5.74) is 4.00. The first-order chi connectivity index (χ1) is 11.5. The maximum atomic E-state index is 12.4. The predicted octanol–water partition coefficient (Wildman–Crippen LogP) is 1.52. The highest BCUT2D eigenvalue weighted by molar-refractivity contribution is 6.05. The Morgan fingerprint density at radius 3 is 2.83 bits per heavy atom. The first-order valence-electron chi connectivity index (χ1n) is 7.73. The summed E-state index contributed by atoms with van der Waals surface area (Å²) in [5, 5.41) is 6.97. The number of ether oxygens (including phenoxy) is 1. The molecule has 3 rings (SSSR count). The molecule has 1 aromatic heterocycles. The lowest BCUT2D eigenvalue weighted by atomic mass is 10.1. The van der Waals surface area contributed by atoms with Crippen LogP contribution in [0.15, 0.2) is 24.4 Å². The van der Waals surface area contributed by atoms with E-state index < -0.39 is 0 Å². The van der Waals surface area contributed by atoms with E-state index in [0.29, 0.717) is 17.8 Å². The zero-order valence-electron chi connectivity index (χ0n) is 14.0. The zero-order chi connectivity index (χ0) is 17.3. The topological polar surface area (TPSA) is 76.5 Å². The molecule has 0 unspecified atom stereocenters. The number of nitrogens with zero attached hydrogens (tertiary/aromatic N) is 3. The average Bonchev–Trinajstić information content (AvgIpc) is 3.11. The molecule has 24 heavy (non-hydrogen) atoms. The summed E-state index contributed by atoms with van der Waals surface area (Å²) in [6, 6.07) is 5.58. The van der Waals surface area contributed by atoms with E-state index in [1.807, 2.05) is 19.1 Å². The molecule has 1 aliphatic rings. The Morgan fingerprint density at radius 1 is 1.38 bits per heavy atom. The van der Waals surface area contributed by atoms with E-state index in [2.05, 4.69) is 10.4 Å². The predicted molar refractivity (Wildman–Crippen MR) is 90.3 cm³/mol. The van der Waals surface area contributed by atoms with Gasteiger partial charge in [-0.1, -0.05) is 0 Å². The van der Waals surface area contributed by atoms with Gasteiger partial charge in [0.25, 0.3) is 11.8 Å². The van der Waals surface area contributed by atoms with Crippen LogP contribution in [0.25, 0.3) is 0 Å². The molecule has 0 fully saturated rings. The normalized spacial score (nSPS) is 13.0. The molecule has 2 heterocycles. The van der Waals surface area contributed by atoms with E-state index in [1.54, 1.807) is 28.9 Å². The van der Waals surface area contributed by atoms with Crippen molar-refractivity contribution in [2.24, 2.45) is 7.05 Å². The highest BCUT2D eigenvalue weighted by atomic mass is 16.5. The second-order valence-electron chi connectivity index (χ2n) is 5.79. The van der Waals surface area contributed by atoms with Gasteiger partial charge in [0.15, 0.2) is 0 Å². The third-order valence-electron chi connectivity index (χ3n) is 4.28. The Balaban J connectivity index is 1.77. The fourth-order valence-electron chi connectivity index (χ4n) is 2.86. The van der Waals surface area contributed by atoms with E-state index in [4.69, 9.17) is 4.74 Å². The number of aryl methyl sites for hydroxylation is 1. The van der Waals surface area contributed by atoms with Crippen LogP contribution in [-0.2, 0) is 23.0 Å². The first kappa shape index (κ1) is 16.2. The van der Waals surface area contributed by atoms with Gasteiger partial charge in [-0.15, -0.1) is 0 Å². The molecule has 1 aromatic carbocycles. The molecule has 2 aromatic rings. The van der Waals surface area contributed by atoms with Crippen molar-refractivity contribution in [3.8, 4) is 0 Å². The smallest absolute Gasteiger partial charge is 0.259 e. The molecular weight excluding hydrogens is 308 g/mol. The van der Waals surface area contributed by atoms with Crippen LogP contribution in [0.3, 0.4) is 0 Å². The van der Waals surface area contributed by atoms with Gasteiger partial charge in [-0.2, -0.15) is 5.10 Å². The number of carbonyl (C=O) groups is 2. The van der Waals surface area contributed by atoms with Gasteiger partial charge in [-0.3, -0.25) is 14.3 Å². The summed E-state index contributed by atoms with van der Waals surface area (Å²) in [6.45, 7) is 2.55. The molecule has 0 saturated carbocycles. The third kappa shape index (κ3) is 2.90. The minimum Gasteiger partial charge on any atom is -0.375 e. The number of carbonyl (C=O) groups excluding carboxylic acids is 2. The molecular formula is C17H20N4O3. The minimum atomic E-state index is -0.189. The van der Waals surface area contributed by atoms with Crippen LogP contribution in [0.4, 0.5) is 11.4 Å². The van der Waals surface area contributed by atoms with Crippen molar-refractivity contribution in [2.75, 3.05) is 30.5 Å². The Morgan fingerprint density at radius 2 is 2.17 bits per heavy atom. The van der Waals surface area contributed by atoms with Crippen LogP contribution in [0, 0.1) is 6.92 Å². The van der Waals surface area contributed by atoms with Gasteiger partial charge >= 0.3 is 0 Å². The Kier molecular flexibility index (Phi) is 4.35. The highest BCUT2D eigenvalue weighted by Gasteiger charge is 2.25. The Bertz CT molecular complexity index is 797. The van der Waals surface area contributed by atoms with Crippen LogP contribution in [-0.4, -0.2) is 41.9 Å². The number of fused-ring (bicyclic) bond motifs is 1. The molecule has 0 aliphatic carbocycles. The number of benzene rings is 1. The largest absolute Gasteiger partial charge is 0.375 e. The van der Waals surface area contributed by atoms with Gasteiger partial charge in [0.05, 0.1) is 11.8 Å². The number of amides is 2. The summed E-state index contributed by atoms with van der Waals surface area (Å²) in [7, 11) is 3.31. The maximum absolute atomic E-state index is 12.4. The molecule has 7 heteroatoms. The molecule has 1 N–H and O–H groups in total. The first-order valence-corrected chi connectivity index (χ1v) is 7.73. The maximum Gasteiger partial charge on any atom is 0.259 e. The number of anilines is 2. The van der Waals surface area contributed by atoms with E-state index in [0.717, 1.165) is 23.4 Å². The number of aromatic nitrogens is 2. The van der Waals surface area contributed by atoms with Crippen molar-refractivity contribution >= 4 is 23.2 Å². The van der Waals surface area contributed by atoms with Crippen LogP contribution < -0.4 is 10.2 Å². The molecule has 2 amide bonds. The summed E-state index contributed by atoms with van der Waals surface area (Å²) < 4.78 is 6.58. The quantitative estimate of drug-likeness (QED) is 0.923. The lowest BCUT2D eigenvalue weighted by molar-refractivity contribution is -0.122. The molecule has 0 spiro atoms. The third-order valence-corrected chi connectivity index (χ3v) is 4.28. The number of hydrogen-bond donors (Lipinski definition) is 1. The van der Waals surface area contributed by atoms with E-state index in [9.17, 15) is 9.59 Å². The second kappa shape index (κ2) is 6.45. The van der Waals surface area contributed by atoms with Gasteiger partial charge in [-0.25, -0.2) is 0 Å². The molecule has 1 aliphatic heterocycles. The second-order valence-corrected chi connectivity index (χ2v) is 5.79. The monoisotopic (exact) mass is 328 g/mol. The van der Waals surface area contributed by atoms with Crippen LogP contribution in [0.1, 0.15) is 21.6 Å². The minimum absolute atomic E-state index is 0.0565. The number of hydrogen-bond acceptors (Lipinski definition) is 4. The van der Waals surface area contributed by atoms with Crippen molar-refractivity contribution in [3.63, 3.8) is 0 Å². The number of nitrogens with one attached hydrogen (secondary N) is 1. The molecule has 0 atom stereocenters. The summed E-state index contributed by atoms with van der Waals surface area (Å²) >= 11 is 0. The van der Waals surface area contributed by atoms with Crippen molar-refractivity contribution in [3.05, 3.63) is 41.2 Å². The van der Waals surface area contributed by atoms with Crippen molar-refractivity contribution in [2.45, 2.75) is 13.3 Å². The lowest BCUT2D eigenvalue weighted by Gasteiger charge is -2.17.